The number of furan rings is 1. The normalized spacial score (nSPS) is 10.4. The van der Waals surface area contributed by atoms with Crippen LogP contribution in [0.1, 0.15) is 0 Å². The van der Waals surface area contributed by atoms with Crippen molar-refractivity contribution < 1.29 is 18.7 Å². The average Bonchev–Trinajstić information content (AvgIpc) is 3.18. The number of carbonyl (C=O) groups is 1. The summed E-state index contributed by atoms with van der Waals surface area (Å²) in [4.78, 5) is 28.7. The van der Waals surface area contributed by atoms with Crippen LogP contribution in [-0.4, -0.2) is 29.7 Å². The van der Waals surface area contributed by atoms with E-state index in [1.54, 1.807) is 30.3 Å². The number of nitrogens with zero attached hydrogens (tertiary/aromatic N) is 2. The maximum absolute atomic E-state index is 12.3. The average molecular weight is 355 g/mol. The molecule has 1 amide bonds. The molecule has 0 fully saturated rings. The molecular formula is C18H17N3O5. The molecule has 2 heterocycles. The van der Waals surface area contributed by atoms with Gasteiger partial charge in [-0.2, -0.15) is 0 Å². The van der Waals surface area contributed by atoms with Crippen molar-refractivity contribution in [1.29, 1.82) is 0 Å². The van der Waals surface area contributed by atoms with Crippen molar-refractivity contribution in [3.05, 3.63) is 59.3 Å². The Hall–Kier alpha value is -3.55. The number of benzene rings is 1. The topological polar surface area (TPSA) is 95.6 Å². The second-order valence-corrected chi connectivity index (χ2v) is 5.33. The minimum absolute atomic E-state index is 0.190. The molecule has 0 atom stereocenters. The SMILES string of the molecule is COc1ccc(OC)c(NC(=O)Cn2cnc(-c3ccco3)cc2=O)c1. The summed E-state index contributed by atoms with van der Waals surface area (Å²) in [7, 11) is 3.03. The third kappa shape index (κ3) is 3.75. The zero-order valence-electron chi connectivity index (χ0n) is 14.3. The molecule has 3 rings (SSSR count). The number of rotatable bonds is 6. The molecule has 26 heavy (non-hydrogen) atoms. The molecule has 0 aliphatic rings. The smallest absolute Gasteiger partial charge is 0.254 e. The zero-order valence-corrected chi connectivity index (χ0v) is 14.3. The predicted molar refractivity (Wildman–Crippen MR) is 94.4 cm³/mol. The highest BCUT2D eigenvalue weighted by atomic mass is 16.5. The molecule has 0 saturated carbocycles. The summed E-state index contributed by atoms with van der Waals surface area (Å²) in [6.07, 6.45) is 2.81. The molecule has 3 aromatic rings. The Morgan fingerprint density at radius 1 is 1.23 bits per heavy atom. The number of carbonyl (C=O) groups excluding carboxylic acids is 1. The van der Waals surface area contributed by atoms with Crippen molar-refractivity contribution >= 4 is 11.6 Å². The first-order chi connectivity index (χ1) is 12.6. The van der Waals surface area contributed by atoms with Crippen molar-refractivity contribution in [1.82, 2.24) is 9.55 Å². The van der Waals surface area contributed by atoms with E-state index in [-0.39, 0.29) is 12.1 Å². The Labute approximate surface area is 149 Å². The van der Waals surface area contributed by atoms with E-state index in [0.717, 1.165) is 0 Å². The largest absolute Gasteiger partial charge is 0.497 e. The van der Waals surface area contributed by atoms with Gasteiger partial charge in [-0.05, 0) is 24.3 Å². The second-order valence-electron chi connectivity index (χ2n) is 5.33. The fourth-order valence-corrected chi connectivity index (χ4v) is 2.36. The molecule has 134 valence electrons. The summed E-state index contributed by atoms with van der Waals surface area (Å²) in [6.45, 7) is -0.190. The van der Waals surface area contributed by atoms with Crippen LogP contribution in [0.5, 0.6) is 11.5 Å². The fourth-order valence-electron chi connectivity index (χ4n) is 2.36. The van der Waals surface area contributed by atoms with Crippen molar-refractivity contribution in [3.8, 4) is 23.0 Å². The van der Waals surface area contributed by atoms with Crippen LogP contribution < -0.4 is 20.3 Å². The van der Waals surface area contributed by atoms with E-state index in [1.807, 2.05) is 0 Å². The monoisotopic (exact) mass is 355 g/mol. The Kier molecular flexibility index (Phi) is 5.02. The summed E-state index contributed by atoms with van der Waals surface area (Å²) in [5.74, 6) is 1.14. The molecule has 1 aromatic carbocycles. The lowest BCUT2D eigenvalue weighted by Gasteiger charge is -2.12. The van der Waals surface area contributed by atoms with E-state index in [9.17, 15) is 9.59 Å². The minimum Gasteiger partial charge on any atom is -0.497 e. The molecule has 0 aliphatic heterocycles. The van der Waals surface area contributed by atoms with Crippen LogP contribution in [0.25, 0.3) is 11.5 Å². The number of aromatic nitrogens is 2. The Morgan fingerprint density at radius 3 is 2.73 bits per heavy atom. The molecule has 1 N–H and O–H groups in total. The summed E-state index contributed by atoms with van der Waals surface area (Å²) in [6, 6.07) is 9.76. The molecule has 8 nitrogen and oxygen atoms in total. The lowest BCUT2D eigenvalue weighted by atomic mass is 10.2. The van der Waals surface area contributed by atoms with E-state index in [2.05, 4.69) is 10.3 Å². The van der Waals surface area contributed by atoms with Gasteiger partial charge >= 0.3 is 0 Å². The van der Waals surface area contributed by atoms with E-state index < -0.39 is 5.91 Å². The molecule has 0 aliphatic carbocycles. The molecule has 0 bridgehead atoms. The van der Waals surface area contributed by atoms with Crippen molar-refractivity contribution in [2.45, 2.75) is 6.54 Å². The molecule has 8 heteroatoms. The highest BCUT2D eigenvalue weighted by Gasteiger charge is 2.12. The predicted octanol–water partition coefficient (Wildman–Crippen LogP) is 2.16. The summed E-state index contributed by atoms with van der Waals surface area (Å²) >= 11 is 0. The lowest BCUT2D eigenvalue weighted by molar-refractivity contribution is -0.116. The highest BCUT2D eigenvalue weighted by Crippen LogP contribution is 2.28. The van der Waals surface area contributed by atoms with Crippen molar-refractivity contribution in [3.63, 3.8) is 0 Å². The van der Waals surface area contributed by atoms with Crippen molar-refractivity contribution in [2.75, 3.05) is 19.5 Å². The quantitative estimate of drug-likeness (QED) is 0.728. The number of amides is 1. The van der Waals surface area contributed by atoms with Crippen LogP contribution >= 0.6 is 0 Å². The molecular weight excluding hydrogens is 338 g/mol. The summed E-state index contributed by atoms with van der Waals surface area (Å²) in [5, 5.41) is 2.70. The van der Waals surface area contributed by atoms with Crippen LogP contribution in [-0.2, 0) is 11.3 Å². The first-order valence-corrected chi connectivity index (χ1v) is 7.73. The number of methoxy groups -OCH3 is 2. The maximum atomic E-state index is 12.3. The van der Waals surface area contributed by atoms with Crippen LogP contribution in [0.15, 0.2) is 58.2 Å². The van der Waals surface area contributed by atoms with Gasteiger partial charge in [0, 0.05) is 12.1 Å². The number of ether oxygens (including phenoxy) is 2. The van der Waals surface area contributed by atoms with Crippen LogP contribution in [0, 0.1) is 0 Å². The second kappa shape index (κ2) is 7.56. The van der Waals surface area contributed by atoms with Gasteiger partial charge in [-0.15, -0.1) is 0 Å². The van der Waals surface area contributed by atoms with Crippen LogP contribution in [0.2, 0.25) is 0 Å². The third-order valence-electron chi connectivity index (χ3n) is 3.65. The lowest BCUT2D eigenvalue weighted by Crippen LogP contribution is -2.27. The van der Waals surface area contributed by atoms with E-state index in [1.165, 1.54) is 37.4 Å². The third-order valence-corrected chi connectivity index (χ3v) is 3.65. The minimum atomic E-state index is -0.397. The van der Waals surface area contributed by atoms with Gasteiger partial charge < -0.3 is 19.2 Å². The van der Waals surface area contributed by atoms with Gasteiger partial charge in [0.15, 0.2) is 5.76 Å². The highest BCUT2D eigenvalue weighted by molar-refractivity contribution is 5.92. The maximum Gasteiger partial charge on any atom is 0.254 e. The Bertz CT molecular complexity index is 963. The molecule has 2 aromatic heterocycles. The molecule has 0 unspecified atom stereocenters. The first-order valence-electron chi connectivity index (χ1n) is 7.73. The fraction of sp³-hybridized carbons (Fsp3) is 0.167. The first kappa shape index (κ1) is 17.3. The van der Waals surface area contributed by atoms with Gasteiger partial charge in [-0.1, -0.05) is 0 Å². The zero-order chi connectivity index (χ0) is 18.5. The molecule has 0 spiro atoms. The van der Waals surface area contributed by atoms with Crippen molar-refractivity contribution in [2.24, 2.45) is 0 Å². The van der Waals surface area contributed by atoms with Gasteiger partial charge in [0.2, 0.25) is 5.91 Å². The van der Waals surface area contributed by atoms with Crippen LogP contribution in [0.3, 0.4) is 0 Å². The standard InChI is InChI=1S/C18H17N3O5/c1-24-12-5-6-15(25-2)14(8-12)20-17(22)10-21-11-19-13(9-18(21)23)16-4-3-7-26-16/h3-9,11H,10H2,1-2H3,(H,20,22). The molecule has 0 saturated heterocycles. The van der Waals surface area contributed by atoms with E-state index in [4.69, 9.17) is 13.9 Å². The summed E-state index contributed by atoms with van der Waals surface area (Å²) in [5.41, 5.74) is 0.496. The number of nitrogens with one attached hydrogen (secondary N) is 1. The Morgan fingerprint density at radius 2 is 2.08 bits per heavy atom. The van der Waals surface area contributed by atoms with Crippen LogP contribution in [0.4, 0.5) is 5.69 Å². The summed E-state index contributed by atoms with van der Waals surface area (Å²) < 4.78 is 16.8. The van der Waals surface area contributed by atoms with Gasteiger partial charge in [0.1, 0.15) is 23.7 Å². The van der Waals surface area contributed by atoms with E-state index >= 15 is 0 Å². The van der Waals surface area contributed by atoms with Gasteiger partial charge in [0.25, 0.3) is 5.56 Å². The van der Waals surface area contributed by atoms with Gasteiger partial charge in [0.05, 0.1) is 32.5 Å². The van der Waals surface area contributed by atoms with Gasteiger partial charge in [-0.25, -0.2) is 4.98 Å². The Balaban J connectivity index is 1.75. The number of hydrogen-bond donors (Lipinski definition) is 1. The van der Waals surface area contributed by atoms with Gasteiger partial charge in [-0.3, -0.25) is 14.2 Å². The molecule has 0 radical (unpaired) electrons. The number of hydrogen-bond acceptors (Lipinski definition) is 6. The number of anilines is 1. The van der Waals surface area contributed by atoms with E-state index in [0.29, 0.717) is 28.6 Å².